The lowest BCUT2D eigenvalue weighted by molar-refractivity contribution is 0.102. The third-order valence-corrected chi connectivity index (χ3v) is 4.34. The van der Waals surface area contributed by atoms with Crippen molar-refractivity contribution >= 4 is 23.2 Å². The summed E-state index contributed by atoms with van der Waals surface area (Å²) in [5.41, 5.74) is 1.41. The zero-order chi connectivity index (χ0) is 19.7. The standard InChI is InChI=1S/C18H12ClFN6O2/c1-10-15(17(23-28-10)16-13(19)3-2-4-14(16)20)18(27)22-11-5-7-12(8-6-11)26-9-21-24-25-26/h2-9H,1H3,(H,22,27). The molecule has 10 heteroatoms. The number of rotatable bonds is 4. The summed E-state index contributed by atoms with van der Waals surface area (Å²) in [6.07, 6.45) is 1.46. The molecule has 0 atom stereocenters. The van der Waals surface area contributed by atoms with Crippen LogP contribution >= 0.6 is 11.6 Å². The zero-order valence-electron chi connectivity index (χ0n) is 14.4. The van der Waals surface area contributed by atoms with Crippen LogP contribution in [0.5, 0.6) is 0 Å². The molecule has 0 saturated carbocycles. The Labute approximate surface area is 162 Å². The van der Waals surface area contributed by atoms with Crippen LogP contribution in [0.2, 0.25) is 5.02 Å². The van der Waals surface area contributed by atoms with Crippen LogP contribution in [0, 0.1) is 12.7 Å². The Morgan fingerprint density at radius 2 is 2.00 bits per heavy atom. The summed E-state index contributed by atoms with van der Waals surface area (Å²) in [7, 11) is 0. The first-order chi connectivity index (χ1) is 13.5. The Morgan fingerprint density at radius 1 is 1.21 bits per heavy atom. The molecule has 1 amide bonds. The first kappa shape index (κ1) is 17.8. The third-order valence-electron chi connectivity index (χ3n) is 4.03. The molecule has 0 radical (unpaired) electrons. The molecule has 4 aromatic rings. The van der Waals surface area contributed by atoms with E-state index in [0.29, 0.717) is 5.69 Å². The maximum absolute atomic E-state index is 14.3. The number of nitrogens with one attached hydrogen (secondary N) is 1. The predicted octanol–water partition coefficient (Wildman–Crippen LogP) is 3.67. The third kappa shape index (κ3) is 3.23. The average Bonchev–Trinajstić information content (AvgIpc) is 3.33. The highest BCUT2D eigenvalue weighted by molar-refractivity contribution is 6.33. The van der Waals surface area contributed by atoms with Gasteiger partial charge in [0.05, 0.1) is 16.3 Å². The van der Waals surface area contributed by atoms with E-state index in [1.165, 1.54) is 29.2 Å². The summed E-state index contributed by atoms with van der Waals surface area (Å²) in [6.45, 7) is 1.57. The molecular formula is C18H12ClFN6O2. The lowest BCUT2D eigenvalue weighted by Gasteiger charge is -2.08. The summed E-state index contributed by atoms with van der Waals surface area (Å²) in [6, 6.07) is 11.1. The highest BCUT2D eigenvalue weighted by Crippen LogP contribution is 2.33. The van der Waals surface area contributed by atoms with Crippen molar-refractivity contribution < 1.29 is 13.7 Å². The fraction of sp³-hybridized carbons (Fsp3) is 0.0556. The fourth-order valence-electron chi connectivity index (χ4n) is 2.70. The largest absolute Gasteiger partial charge is 0.360 e. The van der Waals surface area contributed by atoms with Gasteiger partial charge >= 0.3 is 0 Å². The average molecular weight is 399 g/mol. The molecule has 2 heterocycles. The molecule has 2 aromatic heterocycles. The number of tetrazole rings is 1. The van der Waals surface area contributed by atoms with E-state index in [0.717, 1.165) is 5.69 Å². The van der Waals surface area contributed by atoms with E-state index in [9.17, 15) is 9.18 Å². The van der Waals surface area contributed by atoms with Gasteiger partial charge in [-0.2, -0.15) is 0 Å². The summed E-state index contributed by atoms with van der Waals surface area (Å²) < 4.78 is 20.9. The number of amides is 1. The van der Waals surface area contributed by atoms with Crippen LogP contribution in [-0.4, -0.2) is 31.3 Å². The maximum atomic E-state index is 14.3. The van der Waals surface area contributed by atoms with Gasteiger partial charge in [-0.05, 0) is 53.7 Å². The molecule has 140 valence electrons. The molecule has 4 rings (SSSR count). The number of benzene rings is 2. The van der Waals surface area contributed by atoms with Gasteiger partial charge in [-0.25, -0.2) is 9.07 Å². The van der Waals surface area contributed by atoms with Crippen molar-refractivity contribution in [3.63, 3.8) is 0 Å². The zero-order valence-corrected chi connectivity index (χ0v) is 15.2. The van der Waals surface area contributed by atoms with Crippen LogP contribution in [0.1, 0.15) is 16.1 Å². The lowest BCUT2D eigenvalue weighted by atomic mass is 10.0. The van der Waals surface area contributed by atoms with Gasteiger partial charge in [-0.1, -0.05) is 22.8 Å². The highest BCUT2D eigenvalue weighted by atomic mass is 35.5. The van der Waals surface area contributed by atoms with Gasteiger partial charge in [0.1, 0.15) is 29.2 Å². The highest BCUT2D eigenvalue weighted by Gasteiger charge is 2.25. The van der Waals surface area contributed by atoms with Gasteiger partial charge < -0.3 is 9.84 Å². The second kappa shape index (κ2) is 7.20. The second-order valence-corrected chi connectivity index (χ2v) is 6.22. The van der Waals surface area contributed by atoms with Crippen LogP contribution in [0.15, 0.2) is 53.3 Å². The minimum Gasteiger partial charge on any atom is -0.360 e. The molecule has 28 heavy (non-hydrogen) atoms. The van der Waals surface area contributed by atoms with Gasteiger partial charge in [0.15, 0.2) is 0 Å². The number of aryl methyl sites for hydroxylation is 1. The first-order valence-corrected chi connectivity index (χ1v) is 8.48. The number of anilines is 1. The van der Waals surface area contributed by atoms with Crippen molar-refractivity contribution in [1.82, 2.24) is 25.4 Å². The van der Waals surface area contributed by atoms with Crippen LogP contribution < -0.4 is 5.32 Å². The van der Waals surface area contributed by atoms with Crippen LogP contribution in [-0.2, 0) is 0 Å². The van der Waals surface area contributed by atoms with Crippen molar-refractivity contribution in [2.75, 3.05) is 5.32 Å². The lowest BCUT2D eigenvalue weighted by Crippen LogP contribution is -2.14. The number of halogens is 2. The van der Waals surface area contributed by atoms with Gasteiger partial charge in [-0.15, -0.1) is 5.10 Å². The van der Waals surface area contributed by atoms with Crippen LogP contribution in [0.25, 0.3) is 16.9 Å². The van der Waals surface area contributed by atoms with E-state index in [2.05, 4.69) is 26.0 Å². The molecule has 0 fully saturated rings. The predicted molar refractivity (Wildman–Crippen MR) is 98.8 cm³/mol. The van der Waals surface area contributed by atoms with E-state index in [-0.39, 0.29) is 27.6 Å². The van der Waals surface area contributed by atoms with Gasteiger partial charge in [-0.3, -0.25) is 4.79 Å². The van der Waals surface area contributed by atoms with Gasteiger partial charge in [0.25, 0.3) is 5.91 Å². The Kier molecular flexibility index (Phi) is 4.58. The minimum absolute atomic E-state index is 0.0141. The Hall–Kier alpha value is -3.59. The number of carbonyl (C=O) groups excluding carboxylic acids is 1. The normalized spacial score (nSPS) is 10.8. The second-order valence-electron chi connectivity index (χ2n) is 5.81. The monoisotopic (exact) mass is 398 g/mol. The van der Waals surface area contributed by atoms with Crippen molar-refractivity contribution in [3.8, 4) is 16.9 Å². The van der Waals surface area contributed by atoms with E-state index >= 15 is 0 Å². The van der Waals surface area contributed by atoms with Crippen LogP contribution in [0.4, 0.5) is 10.1 Å². The van der Waals surface area contributed by atoms with Crippen molar-refractivity contribution in [2.45, 2.75) is 6.92 Å². The first-order valence-electron chi connectivity index (χ1n) is 8.10. The summed E-state index contributed by atoms with van der Waals surface area (Å²) in [5.74, 6) is -0.846. The van der Waals surface area contributed by atoms with E-state index in [1.54, 1.807) is 31.2 Å². The smallest absolute Gasteiger partial charge is 0.261 e. The molecule has 2 aromatic carbocycles. The van der Waals surface area contributed by atoms with Crippen molar-refractivity contribution in [1.29, 1.82) is 0 Å². The molecule has 0 bridgehead atoms. The quantitative estimate of drug-likeness (QED) is 0.563. The molecule has 1 N–H and O–H groups in total. The number of hydrogen-bond donors (Lipinski definition) is 1. The molecular weight excluding hydrogens is 387 g/mol. The molecule has 0 aliphatic heterocycles. The van der Waals surface area contributed by atoms with Gasteiger partial charge in [0, 0.05) is 5.69 Å². The summed E-state index contributed by atoms with van der Waals surface area (Å²) in [5, 5.41) is 17.6. The molecule has 0 unspecified atom stereocenters. The summed E-state index contributed by atoms with van der Waals surface area (Å²) >= 11 is 6.10. The van der Waals surface area contributed by atoms with Crippen LogP contribution in [0.3, 0.4) is 0 Å². The SMILES string of the molecule is Cc1onc(-c2c(F)cccc2Cl)c1C(=O)Nc1ccc(-n2cnnn2)cc1. The Balaban J connectivity index is 1.64. The van der Waals surface area contributed by atoms with Gasteiger partial charge in [0.2, 0.25) is 0 Å². The fourth-order valence-corrected chi connectivity index (χ4v) is 2.96. The van der Waals surface area contributed by atoms with Crippen molar-refractivity contribution in [3.05, 3.63) is 71.0 Å². The number of aromatic nitrogens is 5. The minimum atomic E-state index is -0.597. The molecule has 0 saturated heterocycles. The van der Waals surface area contributed by atoms with E-state index in [1.807, 2.05) is 0 Å². The molecule has 0 aliphatic rings. The Bertz CT molecular complexity index is 1120. The Morgan fingerprint density at radius 3 is 2.68 bits per heavy atom. The summed E-state index contributed by atoms with van der Waals surface area (Å²) in [4.78, 5) is 12.8. The maximum Gasteiger partial charge on any atom is 0.261 e. The van der Waals surface area contributed by atoms with E-state index in [4.69, 9.17) is 16.1 Å². The number of hydrogen-bond acceptors (Lipinski definition) is 6. The number of nitrogens with zero attached hydrogens (tertiary/aromatic N) is 5. The number of carbonyl (C=O) groups is 1. The van der Waals surface area contributed by atoms with Crippen molar-refractivity contribution in [2.24, 2.45) is 0 Å². The van der Waals surface area contributed by atoms with E-state index < -0.39 is 11.7 Å². The molecule has 8 nitrogen and oxygen atoms in total. The topological polar surface area (TPSA) is 98.7 Å². The molecule has 0 aliphatic carbocycles. The molecule has 0 spiro atoms.